The SMILES string of the molecule is Cc1c(Cl)cccc1NC(=O)COC(=O)CSc1nnc(-c2ccccc2)n1-c1ccccc1. The molecule has 0 bridgehead atoms. The van der Waals surface area contributed by atoms with Gasteiger partial charge in [-0.3, -0.25) is 14.2 Å². The second-order valence-electron chi connectivity index (χ2n) is 7.25. The van der Waals surface area contributed by atoms with E-state index in [2.05, 4.69) is 15.5 Å². The fourth-order valence-corrected chi connectivity index (χ4v) is 4.11. The van der Waals surface area contributed by atoms with Crippen molar-refractivity contribution in [2.24, 2.45) is 0 Å². The van der Waals surface area contributed by atoms with Crippen molar-refractivity contribution < 1.29 is 14.3 Å². The summed E-state index contributed by atoms with van der Waals surface area (Å²) in [5.74, 6) is -0.336. The summed E-state index contributed by atoms with van der Waals surface area (Å²) >= 11 is 7.26. The first-order chi connectivity index (χ1) is 16.5. The van der Waals surface area contributed by atoms with E-state index >= 15 is 0 Å². The Balaban J connectivity index is 1.40. The molecule has 172 valence electrons. The number of thioether (sulfide) groups is 1. The van der Waals surface area contributed by atoms with Crippen LogP contribution in [0.15, 0.2) is 84.0 Å². The van der Waals surface area contributed by atoms with Gasteiger partial charge in [0.1, 0.15) is 0 Å². The lowest BCUT2D eigenvalue weighted by atomic mass is 10.2. The number of nitrogens with zero attached hydrogens (tertiary/aromatic N) is 3. The molecule has 1 amide bonds. The van der Waals surface area contributed by atoms with Gasteiger partial charge < -0.3 is 10.1 Å². The van der Waals surface area contributed by atoms with Crippen molar-refractivity contribution >= 4 is 40.9 Å². The van der Waals surface area contributed by atoms with E-state index in [0.29, 0.717) is 21.7 Å². The van der Waals surface area contributed by atoms with Crippen molar-refractivity contribution in [2.75, 3.05) is 17.7 Å². The third kappa shape index (κ3) is 5.65. The number of benzene rings is 3. The van der Waals surface area contributed by atoms with Crippen LogP contribution >= 0.6 is 23.4 Å². The first-order valence-corrected chi connectivity index (χ1v) is 11.8. The summed E-state index contributed by atoms with van der Waals surface area (Å²) in [7, 11) is 0. The van der Waals surface area contributed by atoms with Crippen LogP contribution in [-0.4, -0.2) is 39.0 Å². The Morgan fingerprint density at radius 3 is 2.41 bits per heavy atom. The highest BCUT2D eigenvalue weighted by Crippen LogP contribution is 2.28. The summed E-state index contributed by atoms with van der Waals surface area (Å²) in [4.78, 5) is 24.5. The molecule has 1 heterocycles. The molecule has 34 heavy (non-hydrogen) atoms. The van der Waals surface area contributed by atoms with E-state index < -0.39 is 18.5 Å². The van der Waals surface area contributed by atoms with E-state index in [4.69, 9.17) is 16.3 Å². The number of hydrogen-bond acceptors (Lipinski definition) is 6. The molecule has 0 unspecified atom stereocenters. The molecule has 0 aliphatic rings. The lowest BCUT2D eigenvalue weighted by Crippen LogP contribution is -2.22. The van der Waals surface area contributed by atoms with Gasteiger partial charge in [-0.2, -0.15) is 0 Å². The molecule has 4 rings (SSSR count). The molecule has 9 heteroatoms. The molecule has 3 aromatic carbocycles. The molecule has 0 aliphatic carbocycles. The molecule has 0 atom stereocenters. The third-order valence-corrected chi connectivity index (χ3v) is 6.22. The van der Waals surface area contributed by atoms with Crippen LogP contribution in [0.5, 0.6) is 0 Å². The number of rotatable bonds is 8. The number of carbonyl (C=O) groups is 2. The molecular formula is C25H21ClN4O3S. The zero-order chi connectivity index (χ0) is 23.9. The van der Waals surface area contributed by atoms with Crippen molar-refractivity contribution in [3.63, 3.8) is 0 Å². The summed E-state index contributed by atoms with van der Waals surface area (Å²) in [6.07, 6.45) is 0. The Labute approximate surface area is 206 Å². The van der Waals surface area contributed by atoms with Crippen LogP contribution < -0.4 is 5.32 Å². The smallest absolute Gasteiger partial charge is 0.316 e. The van der Waals surface area contributed by atoms with Gasteiger partial charge >= 0.3 is 5.97 Å². The van der Waals surface area contributed by atoms with Crippen LogP contribution in [0.1, 0.15) is 5.56 Å². The normalized spacial score (nSPS) is 10.6. The highest BCUT2D eigenvalue weighted by Gasteiger charge is 2.18. The van der Waals surface area contributed by atoms with Crippen LogP contribution in [0.4, 0.5) is 5.69 Å². The standard InChI is InChI=1S/C25H21ClN4O3S/c1-17-20(26)13-8-14-21(17)27-22(31)15-33-23(32)16-34-25-29-28-24(18-9-4-2-5-10-18)30(25)19-11-6-3-7-12-19/h2-14H,15-16H2,1H3,(H,27,31). The van der Waals surface area contributed by atoms with Gasteiger partial charge in [-0.15, -0.1) is 10.2 Å². The maximum absolute atomic E-state index is 12.3. The average Bonchev–Trinajstić information content (AvgIpc) is 3.29. The van der Waals surface area contributed by atoms with Gasteiger partial charge in [-0.25, -0.2) is 0 Å². The summed E-state index contributed by atoms with van der Waals surface area (Å²) in [6, 6.07) is 24.6. The van der Waals surface area contributed by atoms with Gasteiger partial charge in [-0.1, -0.05) is 78.0 Å². The summed E-state index contributed by atoms with van der Waals surface area (Å²) in [6.45, 7) is 1.40. The molecule has 0 spiro atoms. The van der Waals surface area contributed by atoms with Crippen LogP contribution in [0.25, 0.3) is 17.1 Å². The zero-order valence-electron chi connectivity index (χ0n) is 18.3. The van der Waals surface area contributed by atoms with Crippen molar-refractivity contribution in [3.8, 4) is 17.1 Å². The number of anilines is 1. The second kappa shape index (κ2) is 11.0. The largest absolute Gasteiger partial charge is 0.455 e. The first-order valence-electron chi connectivity index (χ1n) is 10.4. The predicted molar refractivity (Wildman–Crippen MR) is 133 cm³/mol. The van der Waals surface area contributed by atoms with E-state index in [0.717, 1.165) is 16.8 Å². The topological polar surface area (TPSA) is 86.1 Å². The lowest BCUT2D eigenvalue weighted by Gasteiger charge is -2.11. The number of aromatic nitrogens is 3. The highest BCUT2D eigenvalue weighted by atomic mass is 35.5. The molecule has 4 aromatic rings. The Morgan fingerprint density at radius 1 is 0.971 bits per heavy atom. The Hall–Kier alpha value is -3.62. The Morgan fingerprint density at radius 2 is 1.68 bits per heavy atom. The van der Waals surface area contributed by atoms with Gasteiger partial charge in [0.2, 0.25) is 0 Å². The number of ether oxygens (including phenoxy) is 1. The van der Waals surface area contributed by atoms with Crippen LogP contribution in [-0.2, 0) is 14.3 Å². The molecule has 1 N–H and O–H groups in total. The van der Waals surface area contributed by atoms with E-state index in [1.807, 2.05) is 65.2 Å². The van der Waals surface area contributed by atoms with E-state index in [1.54, 1.807) is 25.1 Å². The number of esters is 1. The Kier molecular flexibility index (Phi) is 7.61. The monoisotopic (exact) mass is 492 g/mol. The van der Waals surface area contributed by atoms with Crippen LogP contribution in [0, 0.1) is 6.92 Å². The van der Waals surface area contributed by atoms with Gasteiger partial charge in [0.15, 0.2) is 17.6 Å². The minimum Gasteiger partial charge on any atom is -0.455 e. The Bertz CT molecular complexity index is 1300. The van der Waals surface area contributed by atoms with E-state index in [9.17, 15) is 9.59 Å². The number of para-hydroxylation sites is 1. The molecule has 0 saturated heterocycles. The van der Waals surface area contributed by atoms with Crippen molar-refractivity contribution in [1.29, 1.82) is 0 Å². The molecule has 0 radical (unpaired) electrons. The summed E-state index contributed by atoms with van der Waals surface area (Å²) in [5.41, 5.74) is 3.10. The molecule has 0 fully saturated rings. The second-order valence-corrected chi connectivity index (χ2v) is 8.60. The van der Waals surface area contributed by atoms with E-state index in [1.165, 1.54) is 11.8 Å². The number of hydrogen-bond donors (Lipinski definition) is 1. The maximum Gasteiger partial charge on any atom is 0.316 e. The number of halogens is 1. The lowest BCUT2D eigenvalue weighted by molar-refractivity contribution is -0.144. The van der Waals surface area contributed by atoms with Crippen LogP contribution in [0.2, 0.25) is 5.02 Å². The number of nitrogens with one attached hydrogen (secondary N) is 1. The predicted octanol–water partition coefficient (Wildman–Crippen LogP) is 5.17. The first kappa shape index (κ1) is 23.5. The minimum atomic E-state index is -0.535. The summed E-state index contributed by atoms with van der Waals surface area (Å²) < 4.78 is 7.03. The molecule has 0 aliphatic heterocycles. The van der Waals surface area contributed by atoms with Crippen molar-refractivity contribution in [3.05, 3.63) is 89.4 Å². The van der Waals surface area contributed by atoms with Gasteiger partial charge in [0.05, 0.1) is 5.75 Å². The van der Waals surface area contributed by atoms with Crippen molar-refractivity contribution in [2.45, 2.75) is 12.1 Å². The number of amides is 1. The van der Waals surface area contributed by atoms with Gasteiger partial charge in [-0.05, 0) is 36.8 Å². The van der Waals surface area contributed by atoms with Crippen LogP contribution in [0.3, 0.4) is 0 Å². The maximum atomic E-state index is 12.3. The third-order valence-electron chi connectivity index (χ3n) is 4.90. The fourth-order valence-electron chi connectivity index (χ4n) is 3.19. The fraction of sp³-hybridized carbons (Fsp3) is 0.120. The quantitative estimate of drug-likeness (QED) is 0.270. The number of carbonyl (C=O) groups excluding carboxylic acids is 2. The molecular weight excluding hydrogens is 472 g/mol. The average molecular weight is 493 g/mol. The molecule has 7 nitrogen and oxygen atoms in total. The van der Waals surface area contributed by atoms with Gasteiger partial charge in [0, 0.05) is 22.0 Å². The minimum absolute atomic E-state index is 0.0246. The molecule has 1 aromatic heterocycles. The summed E-state index contributed by atoms with van der Waals surface area (Å²) in [5, 5.41) is 12.4. The molecule has 0 saturated carbocycles. The highest BCUT2D eigenvalue weighted by molar-refractivity contribution is 7.99. The van der Waals surface area contributed by atoms with Gasteiger partial charge in [0.25, 0.3) is 5.91 Å². The zero-order valence-corrected chi connectivity index (χ0v) is 19.8. The van der Waals surface area contributed by atoms with Crippen molar-refractivity contribution in [1.82, 2.24) is 14.8 Å². The van der Waals surface area contributed by atoms with E-state index in [-0.39, 0.29) is 5.75 Å².